The van der Waals surface area contributed by atoms with Crippen molar-refractivity contribution < 1.29 is 9.18 Å². The molecule has 1 N–H and O–H groups in total. The number of amides is 2. The fourth-order valence-corrected chi connectivity index (χ4v) is 2.70. The number of carbonyl (C=O) groups excluding carboxylic acids is 1. The van der Waals surface area contributed by atoms with Crippen molar-refractivity contribution in [2.24, 2.45) is 0 Å². The van der Waals surface area contributed by atoms with Gasteiger partial charge in [-0.05, 0) is 38.8 Å². The third kappa shape index (κ3) is 4.44. The van der Waals surface area contributed by atoms with Crippen LogP contribution in [0.25, 0.3) is 0 Å². The van der Waals surface area contributed by atoms with Crippen LogP contribution in [0.3, 0.4) is 0 Å². The summed E-state index contributed by atoms with van der Waals surface area (Å²) < 4.78 is 13.5. The van der Waals surface area contributed by atoms with Gasteiger partial charge in [-0.2, -0.15) is 0 Å². The monoisotopic (exact) mass is 307 g/mol. The van der Waals surface area contributed by atoms with Crippen molar-refractivity contribution in [3.63, 3.8) is 0 Å². The predicted molar refractivity (Wildman–Crippen MR) is 86.4 cm³/mol. The van der Waals surface area contributed by atoms with Gasteiger partial charge in [0.15, 0.2) is 0 Å². The van der Waals surface area contributed by atoms with Gasteiger partial charge < -0.3 is 10.2 Å². The van der Waals surface area contributed by atoms with E-state index >= 15 is 0 Å². The zero-order valence-electron chi connectivity index (χ0n) is 13.7. The van der Waals surface area contributed by atoms with Gasteiger partial charge >= 0.3 is 6.03 Å². The summed E-state index contributed by atoms with van der Waals surface area (Å²) in [6.45, 7) is 10.3. The van der Waals surface area contributed by atoms with Gasteiger partial charge in [0.1, 0.15) is 5.82 Å². The average Bonchev–Trinajstić information content (AvgIpc) is 2.48. The van der Waals surface area contributed by atoms with E-state index in [1.54, 1.807) is 12.1 Å². The van der Waals surface area contributed by atoms with Crippen LogP contribution >= 0.6 is 0 Å². The Hall–Kier alpha value is -1.62. The maximum Gasteiger partial charge on any atom is 0.317 e. The molecule has 2 rings (SSSR count). The van der Waals surface area contributed by atoms with E-state index in [2.05, 4.69) is 31.0 Å². The van der Waals surface area contributed by atoms with Gasteiger partial charge in [0.2, 0.25) is 0 Å². The first kappa shape index (κ1) is 16.7. The van der Waals surface area contributed by atoms with Crippen LogP contribution < -0.4 is 5.32 Å². The van der Waals surface area contributed by atoms with Crippen LogP contribution in [-0.2, 0) is 6.42 Å². The molecule has 1 saturated heterocycles. The lowest BCUT2D eigenvalue weighted by atomic mass is 10.1. The number of urea groups is 1. The number of halogens is 1. The number of rotatable bonds is 3. The summed E-state index contributed by atoms with van der Waals surface area (Å²) in [6.07, 6.45) is 0.514. The number of nitrogens with one attached hydrogen (secondary N) is 1. The van der Waals surface area contributed by atoms with E-state index in [1.807, 2.05) is 11.0 Å². The highest BCUT2D eigenvalue weighted by Gasteiger charge is 2.27. The molecule has 1 fully saturated rings. The molecule has 2 amide bonds. The molecule has 1 aromatic rings. The van der Waals surface area contributed by atoms with E-state index in [0.717, 1.165) is 26.2 Å². The number of hydrogen-bond donors (Lipinski definition) is 1. The molecular formula is C17H26FN3O. The molecule has 0 spiro atoms. The number of nitrogens with zero attached hydrogens (tertiary/aromatic N) is 2. The van der Waals surface area contributed by atoms with Crippen LogP contribution in [0.4, 0.5) is 9.18 Å². The molecule has 0 bridgehead atoms. The Kier molecular flexibility index (Phi) is 5.40. The van der Waals surface area contributed by atoms with E-state index < -0.39 is 0 Å². The normalized spacial score (nSPS) is 16.6. The lowest BCUT2D eigenvalue weighted by Crippen LogP contribution is -2.56. The highest BCUT2D eigenvalue weighted by atomic mass is 19.1. The summed E-state index contributed by atoms with van der Waals surface area (Å²) in [6, 6.07) is 6.63. The van der Waals surface area contributed by atoms with Gasteiger partial charge in [0.25, 0.3) is 0 Å². The number of carbonyl (C=O) groups is 1. The average molecular weight is 307 g/mol. The molecule has 5 heteroatoms. The molecule has 1 heterocycles. The lowest BCUT2D eigenvalue weighted by molar-refractivity contribution is 0.0744. The first-order valence-corrected chi connectivity index (χ1v) is 7.89. The van der Waals surface area contributed by atoms with Gasteiger partial charge in [-0.25, -0.2) is 9.18 Å². The second-order valence-corrected chi connectivity index (χ2v) is 6.72. The van der Waals surface area contributed by atoms with Crippen molar-refractivity contribution in [1.29, 1.82) is 0 Å². The van der Waals surface area contributed by atoms with Crippen molar-refractivity contribution in [3.05, 3.63) is 35.6 Å². The third-order valence-corrected chi connectivity index (χ3v) is 4.14. The summed E-state index contributed by atoms with van der Waals surface area (Å²) in [5, 5.41) is 2.88. The quantitative estimate of drug-likeness (QED) is 0.931. The Morgan fingerprint density at radius 2 is 1.82 bits per heavy atom. The number of piperazine rings is 1. The molecule has 0 atom stereocenters. The van der Waals surface area contributed by atoms with Gasteiger partial charge in [-0.15, -0.1) is 0 Å². The molecule has 22 heavy (non-hydrogen) atoms. The number of benzene rings is 1. The summed E-state index contributed by atoms with van der Waals surface area (Å²) in [5.74, 6) is -0.212. The molecule has 0 unspecified atom stereocenters. The molecule has 0 aromatic heterocycles. The van der Waals surface area contributed by atoms with E-state index in [4.69, 9.17) is 0 Å². The zero-order chi connectivity index (χ0) is 16.2. The highest BCUT2D eigenvalue weighted by Crippen LogP contribution is 2.15. The standard InChI is InChI=1S/C17H26FN3O/c1-17(2,3)21-12-10-20(11-13-21)16(22)19-9-8-14-6-4-5-7-15(14)18/h4-7H,8-13H2,1-3H3,(H,19,22). The first-order chi connectivity index (χ1) is 10.4. The van der Waals surface area contributed by atoms with Crippen LogP contribution in [0.2, 0.25) is 0 Å². The molecule has 0 saturated carbocycles. The number of hydrogen-bond acceptors (Lipinski definition) is 2. The molecule has 0 radical (unpaired) electrons. The summed E-state index contributed by atoms with van der Waals surface area (Å²) in [4.78, 5) is 16.4. The van der Waals surface area contributed by atoms with Crippen LogP contribution in [0.1, 0.15) is 26.3 Å². The van der Waals surface area contributed by atoms with E-state index in [1.165, 1.54) is 6.07 Å². The Labute approximate surface area is 132 Å². The predicted octanol–water partition coefficient (Wildman–Crippen LogP) is 2.49. The van der Waals surface area contributed by atoms with Crippen LogP contribution in [0.5, 0.6) is 0 Å². The minimum atomic E-state index is -0.212. The lowest BCUT2D eigenvalue weighted by Gasteiger charge is -2.42. The van der Waals surface area contributed by atoms with Gasteiger partial charge in [-0.3, -0.25) is 4.90 Å². The molecule has 1 aromatic carbocycles. The second kappa shape index (κ2) is 7.09. The van der Waals surface area contributed by atoms with Gasteiger partial charge in [0, 0.05) is 38.3 Å². The summed E-state index contributed by atoms with van der Waals surface area (Å²) in [5.41, 5.74) is 0.785. The highest BCUT2D eigenvalue weighted by molar-refractivity contribution is 5.74. The molecule has 1 aliphatic heterocycles. The minimum absolute atomic E-state index is 0.0510. The Bertz CT molecular complexity index is 505. The Morgan fingerprint density at radius 3 is 2.41 bits per heavy atom. The topological polar surface area (TPSA) is 35.6 Å². The maximum absolute atomic E-state index is 13.5. The molecule has 4 nitrogen and oxygen atoms in total. The third-order valence-electron chi connectivity index (χ3n) is 4.14. The Balaban J connectivity index is 1.74. The zero-order valence-corrected chi connectivity index (χ0v) is 13.7. The van der Waals surface area contributed by atoms with E-state index in [0.29, 0.717) is 18.5 Å². The van der Waals surface area contributed by atoms with Crippen molar-refractivity contribution in [2.75, 3.05) is 32.7 Å². The molecule has 0 aliphatic carbocycles. The Morgan fingerprint density at radius 1 is 1.18 bits per heavy atom. The van der Waals surface area contributed by atoms with Crippen molar-refractivity contribution in [3.8, 4) is 0 Å². The maximum atomic E-state index is 13.5. The van der Waals surface area contributed by atoms with Gasteiger partial charge in [0.05, 0.1) is 0 Å². The SMILES string of the molecule is CC(C)(C)N1CCN(C(=O)NCCc2ccccc2F)CC1. The fraction of sp³-hybridized carbons (Fsp3) is 0.588. The molecule has 122 valence electrons. The van der Waals surface area contributed by atoms with Crippen LogP contribution in [0, 0.1) is 5.82 Å². The van der Waals surface area contributed by atoms with E-state index in [9.17, 15) is 9.18 Å². The molecular weight excluding hydrogens is 281 g/mol. The largest absolute Gasteiger partial charge is 0.338 e. The second-order valence-electron chi connectivity index (χ2n) is 6.72. The summed E-state index contributed by atoms with van der Waals surface area (Å²) >= 11 is 0. The van der Waals surface area contributed by atoms with Crippen molar-refractivity contribution in [2.45, 2.75) is 32.7 Å². The van der Waals surface area contributed by atoms with Crippen LogP contribution in [-0.4, -0.2) is 54.1 Å². The van der Waals surface area contributed by atoms with Crippen molar-refractivity contribution >= 4 is 6.03 Å². The first-order valence-electron chi connectivity index (χ1n) is 7.89. The van der Waals surface area contributed by atoms with E-state index in [-0.39, 0.29) is 17.4 Å². The molecule has 1 aliphatic rings. The van der Waals surface area contributed by atoms with Crippen molar-refractivity contribution in [1.82, 2.24) is 15.1 Å². The van der Waals surface area contributed by atoms with Gasteiger partial charge in [-0.1, -0.05) is 18.2 Å². The fourth-order valence-electron chi connectivity index (χ4n) is 2.70. The smallest absolute Gasteiger partial charge is 0.317 e. The van der Waals surface area contributed by atoms with Crippen LogP contribution in [0.15, 0.2) is 24.3 Å². The summed E-state index contributed by atoms with van der Waals surface area (Å²) in [7, 11) is 0. The minimum Gasteiger partial charge on any atom is -0.338 e.